The number of nitrogens with one attached hydrogen (secondary N) is 2. The number of nitrogens with zero attached hydrogens (tertiary/aromatic N) is 2. The molecule has 0 aliphatic heterocycles. The molecule has 0 atom stereocenters. The number of urea groups is 1. The fourth-order valence-electron chi connectivity index (χ4n) is 1.38. The standard InChI is InChI=1S/C13H13N5O2/c1-8-5-9(20-2)3-4-11(8)17-13(19)18-12(7-15)10(16)6-14/h3-5H,16H2,1-2H3,(H2,17,18,19)/b12-10-. The molecule has 0 aliphatic carbocycles. The van der Waals surface area contributed by atoms with E-state index < -0.39 is 6.03 Å². The van der Waals surface area contributed by atoms with Gasteiger partial charge in [0.1, 0.15) is 23.6 Å². The molecule has 1 aromatic rings. The molecule has 0 fully saturated rings. The summed E-state index contributed by atoms with van der Waals surface area (Å²) in [5.74, 6) is 0.666. The highest BCUT2D eigenvalue weighted by Crippen LogP contribution is 2.20. The fraction of sp³-hybridized carbons (Fsp3) is 0.154. The summed E-state index contributed by atoms with van der Waals surface area (Å²) >= 11 is 0. The molecule has 102 valence electrons. The largest absolute Gasteiger partial charge is 0.497 e. The van der Waals surface area contributed by atoms with Crippen LogP contribution in [0.3, 0.4) is 0 Å². The first-order valence-electron chi connectivity index (χ1n) is 5.54. The number of hydrogen-bond donors (Lipinski definition) is 3. The molecule has 20 heavy (non-hydrogen) atoms. The number of allylic oxidation sites excluding steroid dienone is 2. The molecule has 1 aromatic carbocycles. The maximum Gasteiger partial charge on any atom is 0.324 e. The second-order valence-corrected chi connectivity index (χ2v) is 3.77. The van der Waals surface area contributed by atoms with Gasteiger partial charge in [0.05, 0.1) is 7.11 Å². The lowest BCUT2D eigenvalue weighted by Crippen LogP contribution is -2.29. The van der Waals surface area contributed by atoms with Gasteiger partial charge in [0.15, 0.2) is 5.70 Å². The van der Waals surface area contributed by atoms with E-state index >= 15 is 0 Å². The van der Waals surface area contributed by atoms with Crippen LogP contribution in [0.2, 0.25) is 0 Å². The van der Waals surface area contributed by atoms with Gasteiger partial charge < -0.3 is 15.8 Å². The molecule has 0 aliphatic rings. The van der Waals surface area contributed by atoms with Crippen molar-refractivity contribution in [1.29, 1.82) is 10.5 Å². The summed E-state index contributed by atoms with van der Waals surface area (Å²) in [4.78, 5) is 11.7. The minimum Gasteiger partial charge on any atom is -0.497 e. The zero-order valence-corrected chi connectivity index (χ0v) is 11.0. The first-order valence-corrected chi connectivity index (χ1v) is 5.54. The van der Waals surface area contributed by atoms with E-state index in [1.54, 1.807) is 44.4 Å². The van der Waals surface area contributed by atoms with Gasteiger partial charge in [-0.1, -0.05) is 0 Å². The van der Waals surface area contributed by atoms with Gasteiger partial charge in [0.25, 0.3) is 0 Å². The van der Waals surface area contributed by atoms with E-state index in [4.69, 9.17) is 21.0 Å². The molecular formula is C13H13N5O2. The molecule has 4 N–H and O–H groups in total. The Morgan fingerprint density at radius 2 is 2.05 bits per heavy atom. The average molecular weight is 271 g/mol. The van der Waals surface area contributed by atoms with E-state index in [9.17, 15) is 4.79 Å². The number of aryl methyl sites for hydroxylation is 1. The Bertz CT molecular complexity index is 637. The van der Waals surface area contributed by atoms with Crippen LogP contribution in [-0.2, 0) is 0 Å². The Kier molecular flexibility index (Phi) is 4.96. The highest BCUT2D eigenvalue weighted by Gasteiger charge is 2.09. The molecule has 0 aromatic heterocycles. The summed E-state index contributed by atoms with van der Waals surface area (Å²) in [5, 5.41) is 22.1. The average Bonchev–Trinajstić information content (AvgIpc) is 2.45. The summed E-state index contributed by atoms with van der Waals surface area (Å²) in [6.45, 7) is 1.79. The van der Waals surface area contributed by atoms with Gasteiger partial charge in [-0.15, -0.1) is 0 Å². The first-order chi connectivity index (χ1) is 9.51. The SMILES string of the molecule is COc1ccc(NC(=O)N/C(C#N)=C(\N)C#N)c(C)c1. The minimum absolute atomic E-state index is 0.295. The van der Waals surface area contributed by atoms with Crippen molar-refractivity contribution in [2.45, 2.75) is 6.92 Å². The van der Waals surface area contributed by atoms with Crippen LogP contribution in [0, 0.1) is 29.6 Å². The number of nitriles is 2. The number of hydrogen-bond acceptors (Lipinski definition) is 5. The van der Waals surface area contributed by atoms with Crippen molar-refractivity contribution in [3.63, 3.8) is 0 Å². The van der Waals surface area contributed by atoms with Crippen LogP contribution < -0.4 is 21.1 Å². The zero-order valence-electron chi connectivity index (χ0n) is 11.0. The number of carbonyl (C=O) groups excluding carboxylic acids is 1. The second-order valence-electron chi connectivity index (χ2n) is 3.77. The number of amides is 2. The molecular weight excluding hydrogens is 258 g/mol. The second kappa shape index (κ2) is 6.66. The number of rotatable bonds is 3. The quantitative estimate of drug-likeness (QED) is 0.715. The Morgan fingerprint density at radius 1 is 1.35 bits per heavy atom. The highest BCUT2D eigenvalue weighted by atomic mass is 16.5. The van der Waals surface area contributed by atoms with Crippen molar-refractivity contribution in [2.24, 2.45) is 5.73 Å². The third-order valence-electron chi connectivity index (χ3n) is 2.42. The summed E-state index contributed by atoms with van der Waals surface area (Å²) < 4.78 is 5.05. The van der Waals surface area contributed by atoms with Gasteiger partial charge in [0, 0.05) is 5.69 Å². The molecule has 0 saturated carbocycles. The maximum atomic E-state index is 11.7. The molecule has 0 bridgehead atoms. The number of anilines is 1. The summed E-state index contributed by atoms with van der Waals surface area (Å²) in [6.07, 6.45) is 0. The van der Waals surface area contributed by atoms with E-state index in [0.29, 0.717) is 11.4 Å². The smallest absolute Gasteiger partial charge is 0.324 e. The minimum atomic E-state index is -0.659. The van der Waals surface area contributed by atoms with Crippen LogP contribution >= 0.6 is 0 Å². The fourth-order valence-corrected chi connectivity index (χ4v) is 1.38. The van der Waals surface area contributed by atoms with E-state index in [-0.39, 0.29) is 11.4 Å². The van der Waals surface area contributed by atoms with Crippen LogP contribution in [0.1, 0.15) is 5.56 Å². The number of benzene rings is 1. The molecule has 1 rings (SSSR count). The van der Waals surface area contributed by atoms with Gasteiger partial charge in [-0.3, -0.25) is 5.32 Å². The zero-order chi connectivity index (χ0) is 15.1. The summed E-state index contributed by atoms with van der Waals surface area (Å²) in [5.41, 5.74) is 5.97. The molecule has 0 radical (unpaired) electrons. The van der Waals surface area contributed by atoms with E-state index in [0.717, 1.165) is 5.56 Å². The molecule has 0 saturated heterocycles. The van der Waals surface area contributed by atoms with Crippen LogP contribution in [0.5, 0.6) is 5.75 Å². The molecule has 0 spiro atoms. The number of carbonyl (C=O) groups is 1. The lowest BCUT2D eigenvalue weighted by molar-refractivity contribution is 0.254. The van der Waals surface area contributed by atoms with Gasteiger partial charge in [0.2, 0.25) is 0 Å². The summed E-state index contributed by atoms with van der Waals surface area (Å²) in [6, 6.07) is 7.67. The van der Waals surface area contributed by atoms with Gasteiger partial charge in [-0.2, -0.15) is 10.5 Å². The maximum absolute atomic E-state index is 11.7. The van der Waals surface area contributed by atoms with E-state index in [2.05, 4.69) is 10.6 Å². The molecule has 0 unspecified atom stereocenters. The van der Waals surface area contributed by atoms with E-state index in [1.807, 2.05) is 0 Å². The van der Waals surface area contributed by atoms with E-state index in [1.165, 1.54) is 0 Å². The third-order valence-corrected chi connectivity index (χ3v) is 2.42. The molecule has 7 nitrogen and oxygen atoms in total. The molecule has 2 amide bonds. The Balaban J connectivity index is 2.83. The topological polar surface area (TPSA) is 124 Å². The summed E-state index contributed by atoms with van der Waals surface area (Å²) in [7, 11) is 1.54. The van der Waals surface area contributed by atoms with Crippen molar-refractivity contribution < 1.29 is 9.53 Å². The lowest BCUT2D eigenvalue weighted by atomic mass is 10.2. The third kappa shape index (κ3) is 3.65. The Hall–Kier alpha value is -3.19. The highest BCUT2D eigenvalue weighted by molar-refractivity contribution is 5.91. The van der Waals surface area contributed by atoms with Crippen LogP contribution in [0.4, 0.5) is 10.5 Å². The van der Waals surface area contributed by atoms with Crippen LogP contribution in [0.25, 0.3) is 0 Å². The van der Waals surface area contributed by atoms with Gasteiger partial charge in [-0.25, -0.2) is 4.79 Å². The van der Waals surface area contributed by atoms with Crippen molar-refractivity contribution in [3.8, 4) is 17.9 Å². The Morgan fingerprint density at radius 3 is 2.55 bits per heavy atom. The monoisotopic (exact) mass is 271 g/mol. The van der Waals surface area contributed by atoms with Crippen LogP contribution in [-0.4, -0.2) is 13.1 Å². The van der Waals surface area contributed by atoms with Crippen molar-refractivity contribution >= 4 is 11.7 Å². The molecule has 7 heteroatoms. The first kappa shape index (κ1) is 14.9. The lowest BCUT2D eigenvalue weighted by Gasteiger charge is -2.10. The number of methoxy groups -OCH3 is 1. The normalized spacial score (nSPS) is 10.6. The predicted molar refractivity (Wildman–Crippen MR) is 72.3 cm³/mol. The molecule has 0 heterocycles. The van der Waals surface area contributed by atoms with Gasteiger partial charge >= 0.3 is 6.03 Å². The predicted octanol–water partition coefficient (Wildman–Crippen LogP) is 1.34. The van der Waals surface area contributed by atoms with Gasteiger partial charge in [-0.05, 0) is 30.7 Å². The Labute approximate surface area is 116 Å². The van der Waals surface area contributed by atoms with Crippen molar-refractivity contribution in [3.05, 3.63) is 35.2 Å². The van der Waals surface area contributed by atoms with Crippen LogP contribution in [0.15, 0.2) is 29.6 Å². The van der Waals surface area contributed by atoms with Crippen molar-refractivity contribution in [1.82, 2.24) is 5.32 Å². The van der Waals surface area contributed by atoms with Crippen molar-refractivity contribution in [2.75, 3.05) is 12.4 Å². The number of ether oxygens (including phenoxy) is 1. The number of nitrogens with two attached hydrogens (primary N) is 1.